The van der Waals surface area contributed by atoms with Gasteiger partial charge in [0.15, 0.2) is 0 Å². The van der Waals surface area contributed by atoms with Crippen LogP contribution in [0.3, 0.4) is 0 Å². The molecule has 48 heavy (non-hydrogen) atoms. The molecule has 0 N–H and O–H groups in total. The molecule has 16 nitrogen and oxygen atoms in total. The van der Waals surface area contributed by atoms with Gasteiger partial charge < -0.3 is 9.64 Å². The number of carbonyl (C=O) groups excluding carboxylic acids is 2. The zero-order chi connectivity index (χ0) is 35.0. The average Bonchev–Trinajstić information content (AvgIpc) is 3.48. The first-order valence-electron chi connectivity index (χ1n) is 16.3. The number of amides is 1. The standard InChI is InChI=1S/C32H39N5O11/c1-2-3-4-5-10-29(48-31(39)23-18-27(36(44)45)21-28(19-23)37(46)47)12-11-24-9-6-7-13-32(24)14-8-15-33(32)30(38)22-16-25(34(40)41)20-26(17-22)35(42)43/h16-21,24,29H,2-15H2,1H3/t24-,29-,32-/m1/s1. The van der Waals surface area contributed by atoms with Crippen LogP contribution in [0.1, 0.15) is 111 Å². The molecule has 0 unspecified atom stereocenters. The Labute approximate surface area is 276 Å². The number of hydrogen-bond donors (Lipinski definition) is 0. The summed E-state index contributed by atoms with van der Waals surface area (Å²) in [5.74, 6) is -1.41. The molecular weight excluding hydrogens is 630 g/mol. The monoisotopic (exact) mass is 669 g/mol. The Kier molecular flexibility index (Phi) is 11.7. The van der Waals surface area contributed by atoms with Gasteiger partial charge in [0, 0.05) is 36.3 Å². The van der Waals surface area contributed by atoms with Crippen molar-refractivity contribution in [2.45, 2.75) is 102 Å². The molecule has 2 aromatic carbocycles. The Balaban J connectivity index is 1.57. The number of esters is 1. The van der Waals surface area contributed by atoms with Gasteiger partial charge in [0.05, 0.1) is 43.0 Å². The van der Waals surface area contributed by atoms with Crippen LogP contribution in [0, 0.1) is 46.4 Å². The van der Waals surface area contributed by atoms with E-state index in [9.17, 15) is 50.0 Å². The third kappa shape index (κ3) is 8.27. The molecule has 258 valence electrons. The number of rotatable bonds is 15. The van der Waals surface area contributed by atoms with E-state index in [2.05, 4.69) is 6.92 Å². The second-order valence-electron chi connectivity index (χ2n) is 12.6. The molecule has 2 aromatic rings. The van der Waals surface area contributed by atoms with Crippen LogP contribution in [0.15, 0.2) is 36.4 Å². The van der Waals surface area contributed by atoms with Crippen molar-refractivity contribution >= 4 is 34.6 Å². The number of nitro groups is 4. The molecule has 3 atom stereocenters. The number of unbranched alkanes of at least 4 members (excludes halogenated alkanes) is 3. The minimum atomic E-state index is -0.898. The number of non-ortho nitro benzene ring substituents is 4. The lowest BCUT2D eigenvalue weighted by atomic mass is 9.68. The summed E-state index contributed by atoms with van der Waals surface area (Å²) in [5, 5.41) is 45.8. The highest BCUT2D eigenvalue weighted by atomic mass is 16.6. The van der Waals surface area contributed by atoms with E-state index in [0.29, 0.717) is 45.1 Å². The van der Waals surface area contributed by atoms with Gasteiger partial charge in [0.25, 0.3) is 28.7 Å². The predicted octanol–water partition coefficient (Wildman–Crippen LogP) is 7.46. The Morgan fingerprint density at radius 1 is 0.771 bits per heavy atom. The van der Waals surface area contributed by atoms with Crippen LogP contribution < -0.4 is 0 Å². The third-order valence-electron chi connectivity index (χ3n) is 9.57. The number of benzene rings is 2. The molecule has 0 radical (unpaired) electrons. The largest absolute Gasteiger partial charge is 0.459 e. The summed E-state index contributed by atoms with van der Waals surface area (Å²) in [6.07, 6.45) is 9.19. The van der Waals surface area contributed by atoms with Crippen molar-refractivity contribution in [3.8, 4) is 0 Å². The Hall–Kier alpha value is -5.02. The van der Waals surface area contributed by atoms with Crippen LogP contribution in [-0.4, -0.2) is 54.7 Å². The fourth-order valence-electron chi connectivity index (χ4n) is 7.27. The van der Waals surface area contributed by atoms with Gasteiger partial charge in [-0.15, -0.1) is 0 Å². The normalized spacial score (nSPS) is 19.5. The number of carbonyl (C=O) groups is 2. The second kappa shape index (κ2) is 15.7. The maximum absolute atomic E-state index is 13.9. The van der Waals surface area contributed by atoms with Crippen molar-refractivity contribution in [1.82, 2.24) is 4.90 Å². The quantitative estimate of drug-likeness (QED) is 0.0783. The van der Waals surface area contributed by atoms with Crippen molar-refractivity contribution in [3.05, 3.63) is 88.0 Å². The van der Waals surface area contributed by atoms with Gasteiger partial charge in [0.1, 0.15) is 6.10 Å². The van der Waals surface area contributed by atoms with Gasteiger partial charge in [-0.3, -0.25) is 45.3 Å². The van der Waals surface area contributed by atoms with Gasteiger partial charge in [-0.25, -0.2) is 4.79 Å². The molecule has 4 rings (SSSR count). The SMILES string of the molecule is CCCCCC[C@H](CC[C@H]1CCCC[C@@]12CCCN2C(=O)c1cc([N+](=O)[O-])cc([N+](=O)[O-])c1)OC(=O)c1cc([N+](=O)[O-])cc([N+](=O)[O-])c1. The number of ether oxygens (including phenoxy) is 1. The molecule has 2 aliphatic rings. The molecule has 1 aliphatic heterocycles. The number of hydrogen-bond acceptors (Lipinski definition) is 11. The lowest BCUT2D eigenvalue weighted by molar-refractivity contribution is -0.394. The van der Waals surface area contributed by atoms with Gasteiger partial charge in [-0.2, -0.15) is 0 Å². The van der Waals surface area contributed by atoms with Crippen LogP contribution in [-0.2, 0) is 4.74 Å². The zero-order valence-corrected chi connectivity index (χ0v) is 26.7. The fourth-order valence-corrected chi connectivity index (χ4v) is 7.27. The summed E-state index contributed by atoms with van der Waals surface area (Å²) in [4.78, 5) is 71.5. The van der Waals surface area contributed by atoms with E-state index < -0.39 is 66.0 Å². The summed E-state index contributed by atoms with van der Waals surface area (Å²) in [6, 6.07) is 5.67. The van der Waals surface area contributed by atoms with Crippen LogP contribution in [0.25, 0.3) is 0 Å². The van der Waals surface area contributed by atoms with E-state index in [-0.39, 0.29) is 17.0 Å². The molecule has 2 fully saturated rings. The van der Waals surface area contributed by atoms with Crippen LogP contribution in [0.2, 0.25) is 0 Å². The van der Waals surface area contributed by atoms with Crippen molar-refractivity contribution in [3.63, 3.8) is 0 Å². The Bertz CT molecular complexity index is 1520. The first-order valence-corrected chi connectivity index (χ1v) is 16.3. The van der Waals surface area contributed by atoms with Crippen LogP contribution in [0.4, 0.5) is 22.7 Å². The highest BCUT2D eigenvalue weighted by Gasteiger charge is 2.50. The molecular formula is C32H39N5O11. The van der Waals surface area contributed by atoms with E-state index >= 15 is 0 Å². The number of likely N-dealkylation sites (tertiary alicyclic amines) is 1. The highest BCUT2D eigenvalue weighted by Crippen LogP contribution is 2.48. The van der Waals surface area contributed by atoms with E-state index in [1.165, 1.54) is 0 Å². The molecule has 0 bridgehead atoms. The molecule has 1 saturated heterocycles. The van der Waals surface area contributed by atoms with E-state index in [1.54, 1.807) is 4.90 Å². The molecule has 1 amide bonds. The van der Waals surface area contributed by atoms with Gasteiger partial charge in [-0.05, 0) is 57.3 Å². The smallest absolute Gasteiger partial charge is 0.338 e. The van der Waals surface area contributed by atoms with Crippen LogP contribution >= 0.6 is 0 Å². The molecule has 1 saturated carbocycles. The Morgan fingerprint density at radius 3 is 1.85 bits per heavy atom. The summed E-state index contributed by atoms with van der Waals surface area (Å²) >= 11 is 0. The van der Waals surface area contributed by atoms with Gasteiger partial charge in [-0.1, -0.05) is 39.0 Å². The molecule has 1 spiro atoms. The van der Waals surface area contributed by atoms with Crippen molar-refractivity contribution in [1.29, 1.82) is 0 Å². The van der Waals surface area contributed by atoms with Crippen LogP contribution in [0.5, 0.6) is 0 Å². The summed E-state index contributed by atoms with van der Waals surface area (Å²) in [6.45, 7) is 2.46. The lowest BCUT2D eigenvalue weighted by Gasteiger charge is -2.48. The topological polar surface area (TPSA) is 219 Å². The van der Waals surface area contributed by atoms with E-state index in [1.807, 2.05) is 0 Å². The van der Waals surface area contributed by atoms with Crippen molar-refractivity contribution < 1.29 is 34.0 Å². The average molecular weight is 670 g/mol. The highest BCUT2D eigenvalue weighted by molar-refractivity contribution is 5.96. The van der Waals surface area contributed by atoms with Gasteiger partial charge in [0.2, 0.25) is 0 Å². The first-order chi connectivity index (χ1) is 22.9. The number of nitro benzene ring substituents is 4. The summed E-state index contributed by atoms with van der Waals surface area (Å²) in [5.41, 5.74) is -3.26. The second-order valence-corrected chi connectivity index (χ2v) is 12.6. The first kappa shape index (κ1) is 35.8. The Morgan fingerprint density at radius 2 is 1.31 bits per heavy atom. The van der Waals surface area contributed by atoms with Crippen molar-refractivity contribution in [2.24, 2.45) is 5.92 Å². The van der Waals surface area contributed by atoms with E-state index in [0.717, 1.165) is 81.3 Å². The number of nitrogens with zero attached hydrogens (tertiary/aromatic N) is 5. The summed E-state index contributed by atoms with van der Waals surface area (Å²) in [7, 11) is 0. The zero-order valence-electron chi connectivity index (χ0n) is 26.7. The predicted molar refractivity (Wildman–Crippen MR) is 172 cm³/mol. The minimum Gasteiger partial charge on any atom is -0.459 e. The molecule has 0 aromatic heterocycles. The third-order valence-corrected chi connectivity index (χ3v) is 9.57. The fraction of sp³-hybridized carbons (Fsp3) is 0.562. The minimum absolute atomic E-state index is 0.0119. The van der Waals surface area contributed by atoms with Gasteiger partial charge >= 0.3 is 5.97 Å². The maximum atomic E-state index is 13.9. The molecule has 1 aliphatic carbocycles. The summed E-state index contributed by atoms with van der Waals surface area (Å²) < 4.78 is 5.85. The van der Waals surface area contributed by atoms with Crippen molar-refractivity contribution in [2.75, 3.05) is 6.54 Å². The van der Waals surface area contributed by atoms with E-state index in [4.69, 9.17) is 4.74 Å². The molecule has 16 heteroatoms. The molecule has 1 heterocycles. The maximum Gasteiger partial charge on any atom is 0.338 e. The lowest BCUT2D eigenvalue weighted by Crippen LogP contribution is -2.54.